The van der Waals surface area contributed by atoms with Crippen LogP contribution >= 0.6 is 0 Å². The zero-order valence-corrected chi connectivity index (χ0v) is 12.0. The van der Waals surface area contributed by atoms with Crippen molar-refractivity contribution >= 4 is 0 Å². The first-order valence-electron chi connectivity index (χ1n) is 7.70. The van der Waals surface area contributed by atoms with Crippen molar-refractivity contribution in [3.05, 3.63) is 0 Å². The van der Waals surface area contributed by atoms with Gasteiger partial charge in [-0.3, -0.25) is 0 Å². The Morgan fingerprint density at radius 1 is 0.762 bits per heavy atom. The highest BCUT2D eigenvalue weighted by molar-refractivity contribution is 4.82. The van der Waals surface area contributed by atoms with Crippen molar-refractivity contribution in [2.75, 3.05) is 46.2 Å². The van der Waals surface area contributed by atoms with Gasteiger partial charge in [-0.2, -0.15) is 0 Å². The molecule has 6 atom stereocenters. The van der Waals surface area contributed by atoms with Crippen molar-refractivity contribution in [1.29, 1.82) is 0 Å². The Kier molecular flexibility index (Phi) is 4.40. The van der Waals surface area contributed by atoms with Crippen molar-refractivity contribution in [2.24, 2.45) is 0 Å². The molecular formula is C14H22O7. The maximum atomic E-state index is 5.83. The molecule has 4 fully saturated rings. The van der Waals surface area contributed by atoms with E-state index in [1.54, 1.807) is 0 Å². The largest absolute Gasteiger partial charge is 0.373 e. The first-order chi connectivity index (χ1) is 10.4. The summed E-state index contributed by atoms with van der Waals surface area (Å²) in [5, 5.41) is 0. The van der Waals surface area contributed by atoms with E-state index in [-0.39, 0.29) is 36.8 Å². The van der Waals surface area contributed by atoms with Crippen LogP contribution in [-0.2, 0) is 33.2 Å². The molecule has 7 heteroatoms. The lowest BCUT2D eigenvalue weighted by Gasteiger charge is -2.19. The van der Waals surface area contributed by atoms with Gasteiger partial charge in [-0.05, 0) is 6.42 Å². The lowest BCUT2D eigenvalue weighted by molar-refractivity contribution is -0.160. The molecule has 0 aromatic heterocycles. The molecule has 4 aliphatic heterocycles. The molecule has 4 aliphatic rings. The van der Waals surface area contributed by atoms with E-state index >= 15 is 0 Å². The molecule has 0 aromatic rings. The third kappa shape index (κ3) is 4.85. The number of epoxide rings is 4. The molecule has 0 N–H and O–H groups in total. The van der Waals surface area contributed by atoms with Crippen molar-refractivity contribution < 1.29 is 33.2 Å². The molecule has 7 nitrogen and oxygen atoms in total. The molecule has 6 unspecified atom stereocenters. The molecule has 21 heavy (non-hydrogen) atoms. The highest BCUT2D eigenvalue weighted by Crippen LogP contribution is 2.24. The average molecular weight is 302 g/mol. The Labute approximate surface area is 123 Å². The Bertz CT molecular complexity index is 304. The second-order valence-electron chi connectivity index (χ2n) is 5.89. The molecule has 0 spiro atoms. The summed E-state index contributed by atoms with van der Waals surface area (Å²) in [4.78, 5) is 0. The van der Waals surface area contributed by atoms with Gasteiger partial charge in [-0.15, -0.1) is 0 Å². The van der Waals surface area contributed by atoms with E-state index < -0.39 is 0 Å². The van der Waals surface area contributed by atoms with Gasteiger partial charge in [-0.1, -0.05) is 0 Å². The minimum atomic E-state index is -0.290. The third-order valence-corrected chi connectivity index (χ3v) is 3.87. The SMILES string of the molecule is C(CC(OCC1CO1)C1CO1)OC(OCC1CO1)C1CO1. The molecule has 4 saturated heterocycles. The van der Waals surface area contributed by atoms with E-state index in [9.17, 15) is 0 Å². The van der Waals surface area contributed by atoms with Crippen LogP contribution in [0.25, 0.3) is 0 Å². The molecule has 4 heterocycles. The van der Waals surface area contributed by atoms with E-state index in [4.69, 9.17) is 33.2 Å². The fourth-order valence-corrected chi connectivity index (χ4v) is 2.18. The molecule has 0 amide bonds. The van der Waals surface area contributed by atoms with Crippen LogP contribution in [0.2, 0.25) is 0 Å². The Morgan fingerprint density at radius 3 is 1.95 bits per heavy atom. The van der Waals surface area contributed by atoms with E-state index in [1.807, 2.05) is 0 Å². The predicted molar refractivity (Wildman–Crippen MR) is 69.0 cm³/mol. The third-order valence-electron chi connectivity index (χ3n) is 3.87. The maximum absolute atomic E-state index is 5.83. The van der Waals surface area contributed by atoms with Crippen LogP contribution in [0, 0.1) is 0 Å². The summed E-state index contributed by atoms with van der Waals surface area (Å²) < 4.78 is 38.2. The van der Waals surface area contributed by atoms with Crippen LogP contribution in [0.5, 0.6) is 0 Å². The second kappa shape index (κ2) is 6.45. The molecule has 120 valence electrons. The van der Waals surface area contributed by atoms with Gasteiger partial charge in [0.2, 0.25) is 0 Å². The summed E-state index contributed by atoms with van der Waals surface area (Å²) in [5.74, 6) is 0. The Hall–Kier alpha value is -0.280. The molecule has 0 aliphatic carbocycles. The number of hydrogen-bond donors (Lipinski definition) is 0. The summed E-state index contributed by atoms with van der Waals surface area (Å²) >= 11 is 0. The van der Waals surface area contributed by atoms with Crippen LogP contribution < -0.4 is 0 Å². The van der Waals surface area contributed by atoms with E-state index in [1.165, 1.54) is 0 Å². The minimum absolute atomic E-state index is 0.0696. The number of ether oxygens (including phenoxy) is 7. The number of hydrogen-bond acceptors (Lipinski definition) is 7. The quantitative estimate of drug-likeness (QED) is 0.362. The molecule has 0 radical (unpaired) electrons. The van der Waals surface area contributed by atoms with Crippen LogP contribution in [0.15, 0.2) is 0 Å². The molecule has 4 rings (SSSR count). The summed E-state index contributed by atoms with van der Waals surface area (Å²) in [6, 6.07) is 0. The van der Waals surface area contributed by atoms with Crippen molar-refractivity contribution in [1.82, 2.24) is 0 Å². The van der Waals surface area contributed by atoms with Crippen LogP contribution in [0.3, 0.4) is 0 Å². The zero-order chi connectivity index (χ0) is 14.1. The van der Waals surface area contributed by atoms with Crippen LogP contribution in [0.1, 0.15) is 6.42 Å². The average Bonchev–Trinajstić information content (AvgIpc) is 3.38. The lowest BCUT2D eigenvalue weighted by atomic mass is 10.2. The summed E-state index contributed by atoms with van der Waals surface area (Å²) in [7, 11) is 0. The molecule has 0 bridgehead atoms. The smallest absolute Gasteiger partial charge is 0.186 e. The van der Waals surface area contributed by atoms with E-state index in [2.05, 4.69) is 0 Å². The zero-order valence-electron chi connectivity index (χ0n) is 12.0. The fourth-order valence-electron chi connectivity index (χ4n) is 2.18. The summed E-state index contributed by atoms with van der Waals surface area (Å²) in [5.41, 5.74) is 0. The monoisotopic (exact) mass is 302 g/mol. The van der Waals surface area contributed by atoms with Gasteiger partial charge in [0.15, 0.2) is 6.29 Å². The maximum Gasteiger partial charge on any atom is 0.186 e. The standard InChI is InChI=1S/C14H22O7/c1(11(12-7-19-12)18-5-9-3-16-9)2-15-14(13-8-20-13)21-6-10-4-17-10/h9-14H,1-8H2. The van der Waals surface area contributed by atoms with E-state index in [0.717, 1.165) is 26.2 Å². The van der Waals surface area contributed by atoms with Crippen molar-refractivity contribution in [2.45, 2.75) is 43.2 Å². The minimum Gasteiger partial charge on any atom is -0.373 e. The Balaban J connectivity index is 1.15. The van der Waals surface area contributed by atoms with Gasteiger partial charge in [0.05, 0.1) is 52.4 Å². The predicted octanol–water partition coefficient (Wildman–Crippen LogP) is -0.284. The van der Waals surface area contributed by atoms with Gasteiger partial charge in [0.25, 0.3) is 0 Å². The van der Waals surface area contributed by atoms with Crippen LogP contribution in [0.4, 0.5) is 0 Å². The topological polar surface area (TPSA) is 77.8 Å². The van der Waals surface area contributed by atoms with E-state index in [0.29, 0.717) is 26.4 Å². The first-order valence-corrected chi connectivity index (χ1v) is 7.70. The highest BCUT2D eigenvalue weighted by atomic mass is 16.7. The van der Waals surface area contributed by atoms with Gasteiger partial charge in [-0.25, -0.2) is 0 Å². The molecule has 0 saturated carbocycles. The summed E-state index contributed by atoms with van der Waals surface area (Å²) in [6.07, 6.45) is 1.39. The van der Waals surface area contributed by atoms with Crippen molar-refractivity contribution in [3.8, 4) is 0 Å². The lowest BCUT2D eigenvalue weighted by Crippen LogP contribution is -2.29. The summed E-state index contributed by atoms with van der Waals surface area (Å²) in [6.45, 7) is 4.89. The van der Waals surface area contributed by atoms with Crippen LogP contribution in [-0.4, -0.2) is 83.1 Å². The van der Waals surface area contributed by atoms with Gasteiger partial charge >= 0.3 is 0 Å². The highest BCUT2D eigenvalue weighted by Gasteiger charge is 2.38. The van der Waals surface area contributed by atoms with Gasteiger partial charge in [0, 0.05) is 0 Å². The second-order valence-corrected chi connectivity index (χ2v) is 5.89. The number of rotatable bonds is 12. The fraction of sp³-hybridized carbons (Fsp3) is 1.00. The van der Waals surface area contributed by atoms with Gasteiger partial charge in [0.1, 0.15) is 24.4 Å². The molecular weight excluding hydrogens is 280 g/mol. The van der Waals surface area contributed by atoms with Gasteiger partial charge < -0.3 is 33.2 Å². The normalized spacial score (nSPS) is 38.9. The Morgan fingerprint density at radius 2 is 1.38 bits per heavy atom. The first kappa shape index (κ1) is 14.3. The molecule has 0 aromatic carbocycles. The van der Waals surface area contributed by atoms with Crippen molar-refractivity contribution in [3.63, 3.8) is 0 Å².